The van der Waals surface area contributed by atoms with Gasteiger partial charge in [0.1, 0.15) is 6.61 Å². The predicted molar refractivity (Wildman–Crippen MR) is 79.7 cm³/mol. The molecule has 0 aliphatic carbocycles. The minimum atomic E-state index is -4.35. The quantitative estimate of drug-likeness (QED) is 0.510. The fraction of sp³-hybridized carbons (Fsp3) is 0.133. The molecule has 0 spiro atoms. The van der Waals surface area contributed by atoms with Crippen LogP contribution in [0.5, 0.6) is 0 Å². The van der Waals surface area contributed by atoms with E-state index in [1.54, 1.807) is 18.2 Å². The lowest BCUT2D eigenvalue weighted by atomic mass is 10.1. The Labute approximate surface area is 130 Å². The Bertz CT molecular complexity index is 669. The molecule has 0 bridgehead atoms. The molecule has 0 unspecified atom stereocenters. The lowest BCUT2D eigenvalue weighted by Crippen LogP contribution is -2.04. The molecule has 0 fully saturated rings. The summed E-state index contributed by atoms with van der Waals surface area (Å²) in [5.74, 6) is 0. The Balaban J connectivity index is 1.93. The van der Waals surface area contributed by atoms with E-state index < -0.39 is 11.7 Å². The molecule has 0 radical (unpaired) electrons. The lowest BCUT2D eigenvalue weighted by molar-refractivity contribution is -0.137. The number of oxime groups is 1. The van der Waals surface area contributed by atoms with E-state index >= 15 is 0 Å². The normalized spacial score (nSPS) is 11.8. The zero-order valence-electron chi connectivity index (χ0n) is 11.3. The third-order valence-electron chi connectivity index (χ3n) is 2.83. The second-order valence-electron chi connectivity index (χ2n) is 4.48. The van der Waals surface area contributed by atoms with Gasteiger partial charge in [-0.3, -0.25) is 0 Å². The van der Waals surface area contributed by atoms with Crippen molar-refractivity contribution in [3.8, 4) is 0 Å². The van der Waals surface area contributed by atoms with Crippen molar-refractivity contribution in [2.24, 2.45) is 5.16 Å². The van der Waals surface area contributed by atoms with E-state index in [2.05, 4.69) is 5.16 Å². The van der Waals surface area contributed by atoms with E-state index in [9.17, 15) is 13.2 Å². The van der Waals surface area contributed by atoms with Crippen LogP contribution >= 0.6 is 11.6 Å². The van der Waals surface area contributed by atoms with Crippen molar-refractivity contribution in [1.29, 1.82) is 0 Å². The van der Waals surface area contributed by atoms with Crippen LogP contribution in [-0.4, -0.2) is 6.21 Å². The van der Waals surface area contributed by atoms with Crippen LogP contribution in [0.4, 0.5) is 18.9 Å². The number of hydrogen-bond donors (Lipinski definition) is 1. The highest BCUT2D eigenvalue weighted by Crippen LogP contribution is 2.29. The summed E-state index contributed by atoms with van der Waals surface area (Å²) >= 11 is 5.83. The standard InChI is InChI=1S/C15H12ClF3N2O/c16-13-5-6-14(20)11(7-13)8-21-22-9-10-1-3-12(4-2-10)15(17,18)19/h1-8H,9,20H2/b21-8+. The number of halogens is 4. The molecule has 0 heterocycles. The van der Waals surface area contributed by atoms with Gasteiger partial charge in [0.05, 0.1) is 11.8 Å². The van der Waals surface area contributed by atoms with E-state index in [0.717, 1.165) is 12.1 Å². The number of nitrogens with two attached hydrogens (primary N) is 1. The molecule has 0 saturated heterocycles. The van der Waals surface area contributed by atoms with Gasteiger partial charge in [-0.15, -0.1) is 0 Å². The highest BCUT2D eigenvalue weighted by atomic mass is 35.5. The zero-order chi connectivity index (χ0) is 16.2. The second kappa shape index (κ2) is 6.70. The Morgan fingerprint density at radius 3 is 2.45 bits per heavy atom. The van der Waals surface area contributed by atoms with Crippen molar-refractivity contribution in [3.05, 3.63) is 64.2 Å². The summed E-state index contributed by atoms with van der Waals surface area (Å²) < 4.78 is 37.2. The molecule has 22 heavy (non-hydrogen) atoms. The maximum absolute atomic E-state index is 12.4. The first kappa shape index (κ1) is 16.2. The van der Waals surface area contributed by atoms with Crippen LogP contribution in [0.25, 0.3) is 0 Å². The van der Waals surface area contributed by atoms with Gasteiger partial charge in [0.15, 0.2) is 0 Å². The van der Waals surface area contributed by atoms with E-state index in [1.807, 2.05) is 0 Å². The average molecular weight is 329 g/mol. The summed E-state index contributed by atoms with van der Waals surface area (Å²) in [6, 6.07) is 9.59. The number of benzene rings is 2. The van der Waals surface area contributed by atoms with Crippen LogP contribution < -0.4 is 5.73 Å². The number of anilines is 1. The summed E-state index contributed by atoms with van der Waals surface area (Å²) in [5.41, 5.74) is 6.69. The van der Waals surface area contributed by atoms with Crippen LogP contribution in [0, 0.1) is 0 Å². The fourth-order valence-corrected chi connectivity index (χ4v) is 1.83. The first-order chi connectivity index (χ1) is 10.4. The molecule has 2 aromatic rings. The van der Waals surface area contributed by atoms with Crippen molar-refractivity contribution in [2.75, 3.05) is 5.73 Å². The van der Waals surface area contributed by atoms with Gasteiger partial charge in [0.2, 0.25) is 0 Å². The number of hydrogen-bond acceptors (Lipinski definition) is 3. The van der Waals surface area contributed by atoms with Gasteiger partial charge < -0.3 is 10.6 Å². The lowest BCUT2D eigenvalue weighted by Gasteiger charge is -2.07. The van der Waals surface area contributed by atoms with Crippen molar-refractivity contribution < 1.29 is 18.0 Å². The SMILES string of the molecule is Nc1ccc(Cl)cc1/C=N/OCc1ccc(C(F)(F)F)cc1. The van der Waals surface area contributed by atoms with Crippen molar-refractivity contribution in [2.45, 2.75) is 12.8 Å². The molecule has 0 aliphatic heterocycles. The molecule has 2 rings (SSSR count). The van der Waals surface area contributed by atoms with Gasteiger partial charge in [0.25, 0.3) is 0 Å². The molecule has 0 amide bonds. The summed E-state index contributed by atoms with van der Waals surface area (Å²) in [7, 11) is 0. The first-order valence-electron chi connectivity index (χ1n) is 6.23. The number of nitrogens with zero attached hydrogens (tertiary/aromatic N) is 1. The molecule has 0 saturated carbocycles. The maximum Gasteiger partial charge on any atom is 0.416 e. The largest absolute Gasteiger partial charge is 0.416 e. The smallest absolute Gasteiger partial charge is 0.398 e. The van der Waals surface area contributed by atoms with Gasteiger partial charge in [-0.05, 0) is 35.9 Å². The Hall–Kier alpha value is -2.21. The second-order valence-corrected chi connectivity index (χ2v) is 4.91. The topological polar surface area (TPSA) is 47.6 Å². The minimum Gasteiger partial charge on any atom is -0.398 e. The van der Waals surface area contributed by atoms with E-state index in [4.69, 9.17) is 22.2 Å². The molecular weight excluding hydrogens is 317 g/mol. The third kappa shape index (κ3) is 4.39. The molecule has 2 N–H and O–H groups in total. The summed E-state index contributed by atoms with van der Waals surface area (Å²) in [6.45, 7) is 0.0507. The highest BCUT2D eigenvalue weighted by Gasteiger charge is 2.29. The summed E-state index contributed by atoms with van der Waals surface area (Å²) in [4.78, 5) is 5.03. The number of alkyl halides is 3. The van der Waals surface area contributed by atoms with Crippen molar-refractivity contribution >= 4 is 23.5 Å². The molecule has 2 aromatic carbocycles. The fourth-order valence-electron chi connectivity index (χ4n) is 1.65. The van der Waals surface area contributed by atoms with Gasteiger partial charge in [0, 0.05) is 16.3 Å². The van der Waals surface area contributed by atoms with Gasteiger partial charge in [-0.2, -0.15) is 13.2 Å². The number of rotatable bonds is 4. The van der Waals surface area contributed by atoms with Gasteiger partial charge >= 0.3 is 6.18 Å². The first-order valence-corrected chi connectivity index (χ1v) is 6.60. The molecular formula is C15H12ClF3N2O. The summed E-state index contributed by atoms with van der Waals surface area (Å²) in [6.07, 6.45) is -2.95. The number of nitrogen functional groups attached to an aromatic ring is 1. The maximum atomic E-state index is 12.4. The third-order valence-corrected chi connectivity index (χ3v) is 3.06. The molecule has 7 heteroatoms. The highest BCUT2D eigenvalue weighted by molar-refractivity contribution is 6.31. The van der Waals surface area contributed by atoms with Crippen LogP contribution in [0.15, 0.2) is 47.6 Å². The van der Waals surface area contributed by atoms with Crippen LogP contribution in [0.2, 0.25) is 5.02 Å². The molecule has 116 valence electrons. The van der Waals surface area contributed by atoms with Crippen molar-refractivity contribution in [3.63, 3.8) is 0 Å². The Morgan fingerprint density at radius 1 is 1.14 bits per heavy atom. The molecule has 0 aliphatic rings. The Kier molecular flexibility index (Phi) is 4.92. The predicted octanol–water partition coefficient (Wildman–Crippen LogP) is 4.49. The van der Waals surface area contributed by atoms with E-state index in [1.165, 1.54) is 18.3 Å². The van der Waals surface area contributed by atoms with Crippen LogP contribution in [0.3, 0.4) is 0 Å². The van der Waals surface area contributed by atoms with Crippen molar-refractivity contribution in [1.82, 2.24) is 0 Å². The average Bonchev–Trinajstić information content (AvgIpc) is 2.46. The Morgan fingerprint density at radius 2 is 1.82 bits per heavy atom. The monoisotopic (exact) mass is 328 g/mol. The van der Waals surface area contributed by atoms with Crippen LogP contribution in [0.1, 0.15) is 16.7 Å². The summed E-state index contributed by atoms with van der Waals surface area (Å²) in [5, 5.41) is 4.24. The zero-order valence-corrected chi connectivity index (χ0v) is 12.0. The van der Waals surface area contributed by atoms with E-state index in [0.29, 0.717) is 21.8 Å². The van der Waals surface area contributed by atoms with E-state index in [-0.39, 0.29) is 6.61 Å². The molecule has 0 aromatic heterocycles. The molecule has 0 atom stereocenters. The van der Waals surface area contributed by atoms with Crippen LogP contribution in [-0.2, 0) is 17.6 Å². The van der Waals surface area contributed by atoms with Gasteiger partial charge in [-0.25, -0.2) is 0 Å². The molecule has 3 nitrogen and oxygen atoms in total. The van der Waals surface area contributed by atoms with Gasteiger partial charge in [-0.1, -0.05) is 28.9 Å². The minimum absolute atomic E-state index is 0.0507.